The van der Waals surface area contributed by atoms with Crippen molar-refractivity contribution in [2.24, 2.45) is 0 Å². The first kappa shape index (κ1) is 16.8. The molecule has 0 spiro atoms. The largest absolute Gasteiger partial charge is 0.492 e. The van der Waals surface area contributed by atoms with Crippen molar-refractivity contribution >= 4 is 21.6 Å². The van der Waals surface area contributed by atoms with E-state index in [0.29, 0.717) is 5.02 Å². The summed E-state index contributed by atoms with van der Waals surface area (Å²) in [6.07, 6.45) is 0.865. The van der Waals surface area contributed by atoms with E-state index in [4.69, 9.17) is 16.3 Å². The molecule has 0 atom stereocenters. The molecule has 0 saturated heterocycles. The Morgan fingerprint density at radius 1 is 1.14 bits per heavy atom. The Morgan fingerprint density at radius 3 is 2.64 bits per heavy atom. The van der Waals surface area contributed by atoms with Gasteiger partial charge >= 0.3 is 0 Å². The molecule has 0 aliphatic heterocycles. The maximum atomic E-state index is 12.1. The zero-order valence-corrected chi connectivity index (χ0v) is 13.8. The van der Waals surface area contributed by atoms with Crippen molar-refractivity contribution in [3.63, 3.8) is 0 Å². The molecule has 2 aromatic rings. The number of benzene rings is 2. The second-order valence-electron chi connectivity index (χ2n) is 4.66. The van der Waals surface area contributed by atoms with Gasteiger partial charge in [-0.25, -0.2) is 13.1 Å². The number of nitrogens with one attached hydrogen (secondary N) is 1. The standard InChI is InChI=1S/C16H18ClNO3S/c1-2-13-6-3-4-9-16(13)21-11-10-18-22(19,20)15-8-5-7-14(17)12-15/h3-9,12,18H,2,10-11H2,1H3. The Hall–Kier alpha value is -1.56. The Kier molecular flexibility index (Phi) is 5.83. The van der Waals surface area contributed by atoms with Gasteiger partial charge in [0.05, 0.1) is 4.90 Å². The average molecular weight is 340 g/mol. The molecule has 0 aliphatic rings. The highest BCUT2D eigenvalue weighted by molar-refractivity contribution is 7.89. The van der Waals surface area contributed by atoms with E-state index >= 15 is 0 Å². The lowest BCUT2D eigenvalue weighted by Crippen LogP contribution is -2.28. The van der Waals surface area contributed by atoms with E-state index in [1.54, 1.807) is 12.1 Å². The van der Waals surface area contributed by atoms with E-state index in [-0.39, 0.29) is 18.0 Å². The van der Waals surface area contributed by atoms with E-state index in [1.807, 2.05) is 31.2 Å². The molecule has 6 heteroatoms. The van der Waals surface area contributed by atoms with Crippen LogP contribution in [0.1, 0.15) is 12.5 Å². The fourth-order valence-electron chi connectivity index (χ4n) is 1.99. The first-order valence-electron chi connectivity index (χ1n) is 6.99. The zero-order valence-electron chi connectivity index (χ0n) is 12.3. The van der Waals surface area contributed by atoms with Crippen molar-refractivity contribution in [1.82, 2.24) is 4.72 Å². The summed E-state index contributed by atoms with van der Waals surface area (Å²) in [5.41, 5.74) is 1.10. The third kappa shape index (κ3) is 4.47. The smallest absolute Gasteiger partial charge is 0.240 e. The first-order valence-corrected chi connectivity index (χ1v) is 8.85. The molecule has 0 heterocycles. The van der Waals surface area contributed by atoms with Crippen LogP contribution in [0.3, 0.4) is 0 Å². The monoisotopic (exact) mass is 339 g/mol. The number of sulfonamides is 1. The highest BCUT2D eigenvalue weighted by atomic mass is 35.5. The molecular formula is C16H18ClNO3S. The molecule has 0 aliphatic carbocycles. The number of aryl methyl sites for hydroxylation is 1. The van der Waals surface area contributed by atoms with Crippen LogP contribution in [0.15, 0.2) is 53.4 Å². The number of rotatable bonds is 7. The lowest BCUT2D eigenvalue weighted by atomic mass is 10.1. The number of para-hydroxylation sites is 1. The third-order valence-corrected chi connectivity index (χ3v) is 4.81. The Morgan fingerprint density at radius 2 is 1.91 bits per heavy atom. The first-order chi connectivity index (χ1) is 10.5. The molecule has 0 radical (unpaired) electrons. The minimum Gasteiger partial charge on any atom is -0.492 e. The second kappa shape index (κ2) is 7.63. The Balaban J connectivity index is 1.91. The second-order valence-corrected chi connectivity index (χ2v) is 6.87. The van der Waals surface area contributed by atoms with Gasteiger partial charge in [0.15, 0.2) is 0 Å². The van der Waals surface area contributed by atoms with Crippen LogP contribution in [-0.2, 0) is 16.4 Å². The minimum atomic E-state index is -3.57. The number of hydrogen-bond acceptors (Lipinski definition) is 3. The summed E-state index contributed by atoms with van der Waals surface area (Å²) < 4.78 is 32.3. The number of halogens is 1. The van der Waals surface area contributed by atoms with Crippen molar-refractivity contribution in [3.05, 3.63) is 59.1 Å². The third-order valence-electron chi connectivity index (χ3n) is 3.11. The van der Waals surface area contributed by atoms with Crippen LogP contribution in [0.5, 0.6) is 5.75 Å². The predicted molar refractivity (Wildman–Crippen MR) is 88.0 cm³/mol. The van der Waals surface area contributed by atoms with E-state index in [2.05, 4.69) is 4.72 Å². The van der Waals surface area contributed by atoms with E-state index in [1.165, 1.54) is 12.1 Å². The highest BCUT2D eigenvalue weighted by Gasteiger charge is 2.13. The van der Waals surface area contributed by atoms with Crippen molar-refractivity contribution in [1.29, 1.82) is 0 Å². The lowest BCUT2D eigenvalue weighted by Gasteiger charge is -2.11. The van der Waals surface area contributed by atoms with Crippen molar-refractivity contribution in [2.75, 3.05) is 13.2 Å². The summed E-state index contributed by atoms with van der Waals surface area (Å²) in [7, 11) is -3.57. The van der Waals surface area contributed by atoms with Gasteiger partial charge in [0.25, 0.3) is 0 Å². The molecule has 2 rings (SSSR count). The van der Waals surface area contributed by atoms with Gasteiger partial charge in [-0.05, 0) is 36.2 Å². The molecule has 2 aromatic carbocycles. The van der Waals surface area contributed by atoms with Gasteiger partial charge in [0.2, 0.25) is 10.0 Å². The summed E-state index contributed by atoms with van der Waals surface area (Å²) in [5.74, 6) is 0.784. The molecule has 0 bridgehead atoms. The number of hydrogen-bond donors (Lipinski definition) is 1. The fraction of sp³-hybridized carbons (Fsp3) is 0.250. The molecule has 0 amide bonds. The SMILES string of the molecule is CCc1ccccc1OCCNS(=O)(=O)c1cccc(Cl)c1. The van der Waals surface area contributed by atoms with Gasteiger partial charge in [-0.3, -0.25) is 0 Å². The van der Waals surface area contributed by atoms with Gasteiger partial charge in [0.1, 0.15) is 12.4 Å². The molecule has 1 N–H and O–H groups in total. The van der Waals surface area contributed by atoms with Crippen LogP contribution in [0, 0.1) is 0 Å². The van der Waals surface area contributed by atoms with Crippen LogP contribution in [0.25, 0.3) is 0 Å². The molecule has 22 heavy (non-hydrogen) atoms. The van der Waals surface area contributed by atoms with Gasteiger partial charge in [-0.1, -0.05) is 42.8 Å². The van der Waals surface area contributed by atoms with Crippen LogP contribution in [0.2, 0.25) is 5.02 Å². The predicted octanol–water partition coefficient (Wildman–Crippen LogP) is 3.26. The fourth-order valence-corrected chi connectivity index (χ4v) is 3.30. The van der Waals surface area contributed by atoms with Gasteiger partial charge in [-0.2, -0.15) is 0 Å². The zero-order chi connectivity index (χ0) is 16.0. The van der Waals surface area contributed by atoms with Gasteiger partial charge in [0, 0.05) is 11.6 Å². The van der Waals surface area contributed by atoms with E-state index < -0.39 is 10.0 Å². The van der Waals surface area contributed by atoms with Crippen molar-refractivity contribution in [3.8, 4) is 5.75 Å². The quantitative estimate of drug-likeness (QED) is 0.788. The van der Waals surface area contributed by atoms with Crippen LogP contribution >= 0.6 is 11.6 Å². The van der Waals surface area contributed by atoms with Crippen LogP contribution in [0.4, 0.5) is 0 Å². The average Bonchev–Trinajstić information content (AvgIpc) is 2.52. The summed E-state index contributed by atoms with van der Waals surface area (Å²) in [6, 6.07) is 13.9. The molecule has 118 valence electrons. The summed E-state index contributed by atoms with van der Waals surface area (Å²) in [4.78, 5) is 0.147. The van der Waals surface area contributed by atoms with Gasteiger partial charge in [-0.15, -0.1) is 0 Å². The van der Waals surface area contributed by atoms with E-state index in [0.717, 1.165) is 17.7 Å². The molecule has 0 unspecified atom stereocenters. The molecule has 0 fully saturated rings. The van der Waals surface area contributed by atoms with Crippen molar-refractivity contribution in [2.45, 2.75) is 18.2 Å². The normalized spacial score (nSPS) is 11.4. The Labute approximate surface area is 136 Å². The maximum absolute atomic E-state index is 12.1. The van der Waals surface area contributed by atoms with E-state index in [9.17, 15) is 8.42 Å². The van der Waals surface area contributed by atoms with Crippen LogP contribution < -0.4 is 9.46 Å². The number of ether oxygens (including phenoxy) is 1. The van der Waals surface area contributed by atoms with Crippen molar-refractivity contribution < 1.29 is 13.2 Å². The molecule has 4 nitrogen and oxygen atoms in total. The minimum absolute atomic E-state index is 0.147. The topological polar surface area (TPSA) is 55.4 Å². The summed E-state index contributed by atoms with van der Waals surface area (Å²) in [5, 5.41) is 0.385. The molecule has 0 saturated carbocycles. The summed E-state index contributed by atoms with van der Waals surface area (Å²) >= 11 is 5.81. The molecule has 0 aromatic heterocycles. The summed E-state index contributed by atoms with van der Waals surface area (Å²) in [6.45, 7) is 2.49. The highest BCUT2D eigenvalue weighted by Crippen LogP contribution is 2.18. The molecular weight excluding hydrogens is 322 g/mol. The lowest BCUT2D eigenvalue weighted by molar-refractivity contribution is 0.320. The maximum Gasteiger partial charge on any atom is 0.240 e. The van der Waals surface area contributed by atoms with Gasteiger partial charge < -0.3 is 4.74 Å². The Bertz CT molecular complexity index is 732. The van der Waals surface area contributed by atoms with Crippen LogP contribution in [-0.4, -0.2) is 21.6 Å².